The molecular weight excluding hydrogens is 190 g/mol. The predicted molar refractivity (Wildman–Crippen MR) is 60.0 cm³/mol. The fourth-order valence-electron chi connectivity index (χ4n) is 2.13. The van der Waals surface area contributed by atoms with Gasteiger partial charge in [0.1, 0.15) is 0 Å². The third-order valence-corrected chi connectivity index (χ3v) is 3.12. The van der Waals surface area contributed by atoms with E-state index < -0.39 is 0 Å². The largest absolute Gasteiger partial charge is 0.317 e. The average molecular weight is 209 g/mol. The van der Waals surface area contributed by atoms with Gasteiger partial charge in [-0.2, -0.15) is 0 Å². The molecule has 4 nitrogen and oxygen atoms in total. The Labute approximate surface area is 89.7 Å². The molecule has 0 saturated carbocycles. The van der Waals surface area contributed by atoms with Crippen LogP contribution in [0.15, 0.2) is 10.9 Å². The number of piperidine rings is 1. The van der Waals surface area contributed by atoms with Crippen LogP contribution in [0.4, 0.5) is 0 Å². The Morgan fingerprint density at radius 2 is 2.20 bits per heavy atom. The van der Waals surface area contributed by atoms with Crippen molar-refractivity contribution < 1.29 is 0 Å². The van der Waals surface area contributed by atoms with Crippen LogP contribution in [-0.4, -0.2) is 22.9 Å². The second-order valence-corrected chi connectivity index (χ2v) is 4.28. The van der Waals surface area contributed by atoms with Crippen molar-refractivity contribution in [2.45, 2.75) is 32.7 Å². The Kier molecular flexibility index (Phi) is 3.26. The summed E-state index contributed by atoms with van der Waals surface area (Å²) in [7, 11) is 0. The number of aromatic amines is 1. The van der Waals surface area contributed by atoms with Crippen molar-refractivity contribution in [2.75, 3.05) is 13.1 Å². The fourth-order valence-corrected chi connectivity index (χ4v) is 2.13. The third kappa shape index (κ3) is 2.50. The maximum absolute atomic E-state index is 11.6. The molecule has 1 saturated heterocycles. The molecule has 1 fully saturated rings. The van der Waals surface area contributed by atoms with Gasteiger partial charge in [-0.1, -0.05) is 6.92 Å². The molecule has 0 spiro atoms. The van der Waals surface area contributed by atoms with Crippen LogP contribution in [0.1, 0.15) is 25.5 Å². The van der Waals surface area contributed by atoms with Gasteiger partial charge in [0.15, 0.2) is 0 Å². The molecular formula is C11H19N3O. The van der Waals surface area contributed by atoms with Gasteiger partial charge in [0.25, 0.3) is 5.56 Å². The lowest BCUT2D eigenvalue weighted by molar-refractivity contribution is 0.317. The van der Waals surface area contributed by atoms with Crippen LogP contribution < -0.4 is 10.9 Å². The van der Waals surface area contributed by atoms with Crippen LogP contribution in [-0.2, 0) is 13.0 Å². The normalized spacial score (nSPS) is 18.2. The molecule has 0 bridgehead atoms. The lowest BCUT2D eigenvalue weighted by atomic mass is 9.98. The van der Waals surface area contributed by atoms with E-state index in [1.54, 1.807) is 10.7 Å². The van der Waals surface area contributed by atoms with E-state index in [2.05, 4.69) is 17.3 Å². The first kappa shape index (κ1) is 10.5. The molecule has 2 heterocycles. The zero-order valence-corrected chi connectivity index (χ0v) is 9.25. The predicted octanol–water partition coefficient (Wildman–Crippen LogP) is 0.738. The highest BCUT2D eigenvalue weighted by Crippen LogP contribution is 2.12. The third-order valence-electron chi connectivity index (χ3n) is 3.12. The molecule has 15 heavy (non-hydrogen) atoms. The van der Waals surface area contributed by atoms with E-state index in [-0.39, 0.29) is 5.56 Å². The van der Waals surface area contributed by atoms with Gasteiger partial charge in [-0.15, -0.1) is 0 Å². The number of rotatable bonds is 3. The maximum Gasteiger partial charge on any atom is 0.266 e. The van der Waals surface area contributed by atoms with Crippen molar-refractivity contribution in [1.29, 1.82) is 0 Å². The van der Waals surface area contributed by atoms with Crippen molar-refractivity contribution in [3.63, 3.8) is 0 Å². The number of H-pyrrole nitrogens is 1. The topological polar surface area (TPSA) is 49.8 Å². The summed E-state index contributed by atoms with van der Waals surface area (Å²) in [4.78, 5) is 11.6. The summed E-state index contributed by atoms with van der Waals surface area (Å²) in [6.45, 7) is 5.07. The highest BCUT2D eigenvalue weighted by Gasteiger charge is 2.14. The number of hydrogen-bond donors (Lipinski definition) is 2. The lowest BCUT2D eigenvalue weighted by Gasteiger charge is -2.22. The van der Waals surface area contributed by atoms with E-state index >= 15 is 0 Å². The van der Waals surface area contributed by atoms with Crippen LogP contribution in [0, 0.1) is 5.92 Å². The van der Waals surface area contributed by atoms with E-state index in [4.69, 9.17) is 0 Å². The molecule has 0 radical (unpaired) electrons. The van der Waals surface area contributed by atoms with E-state index in [1.807, 2.05) is 0 Å². The second kappa shape index (κ2) is 4.66. The average Bonchev–Trinajstić information content (AvgIpc) is 2.61. The summed E-state index contributed by atoms with van der Waals surface area (Å²) in [5.74, 6) is 0.646. The van der Waals surface area contributed by atoms with Gasteiger partial charge in [0, 0.05) is 18.3 Å². The monoisotopic (exact) mass is 209 g/mol. The molecule has 2 rings (SSSR count). The van der Waals surface area contributed by atoms with Gasteiger partial charge >= 0.3 is 0 Å². The molecule has 0 aromatic carbocycles. The molecule has 0 aliphatic carbocycles. The summed E-state index contributed by atoms with van der Waals surface area (Å²) in [5.41, 5.74) is 1.15. The summed E-state index contributed by atoms with van der Waals surface area (Å²) in [5, 5.41) is 6.50. The lowest BCUT2D eigenvalue weighted by Crippen LogP contribution is -2.32. The number of nitrogens with zero attached hydrogens (tertiary/aromatic N) is 1. The van der Waals surface area contributed by atoms with Gasteiger partial charge in [0.2, 0.25) is 0 Å². The summed E-state index contributed by atoms with van der Waals surface area (Å²) in [6, 6.07) is 1.71. The SMILES string of the molecule is CCc1cc(=O)n(CC2CCNCC2)[nH]1. The zero-order chi connectivity index (χ0) is 10.7. The zero-order valence-electron chi connectivity index (χ0n) is 9.25. The van der Waals surface area contributed by atoms with Crippen molar-refractivity contribution in [3.05, 3.63) is 22.1 Å². The fraction of sp³-hybridized carbons (Fsp3) is 0.727. The number of hydrogen-bond acceptors (Lipinski definition) is 2. The van der Waals surface area contributed by atoms with Crippen LogP contribution in [0.25, 0.3) is 0 Å². The minimum atomic E-state index is 0.116. The van der Waals surface area contributed by atoms with E-state index in [0.717, 1.165) is 31.7 Å². The molecule has 1 aliphatic heterocycles. The van der Waals surface area contributed by atoms with E-state index in [1.165, 1.54) is 12.8 Å². The van der Waals surface area contributed by atoms with Crippen LogP contribution in [0.2, 0.25) is 0 Å². The van der Waals surface area contributed by atoms with E-state index in [9.17, 15) is 4.79 Å². The molecule has 1 aromatic rings. The van der Waals surface area contributed by atoms with Gasteiger partial charge in [0.05, 0.1) is 0 Å². The molecule has 0 atom stereocenters. The standard InChI is InChI=1S/C11H19N3O/c1-2-10-7-11(15)14(13-10)8-9-3-5-12-6-4-9/h7,9,12-13H,2-6,8H2,1H3. The number of aryl methyl sites for hydroxylation is 1. The first-order chi connectivity index (χ1) is 7.29. The highest BCUT2D eigenvalue weighted by atomic mass is 16.1. The van der Waals surface area contributed by atoms with Crippen LogP contribution in [0.5, 0.6) is 0 Å². The maximum atomic E-state index is 11.6. The molecule has 0 amide bonds. The van der Waals surface area contributed by atoms with Crippen molar-refractivity contribution in [1.82, 2.24) is 15.1 Å². The van der Waals surface area contributed by atoms with Gasteiger partial charge in [-0.25, -0.2) is 0 Å². The quantitative estimate of drug-likeness (QED) is 0.771. The summed E-state index contributed by atoms with van der Waals surface area (Å²) in [6.07, 6.45) is 3.24. The minimum absolute atomic E-state index is 0.116. The first-order valence-corrected chi connectivity index (χ1v) is 5.79. The highest BCUT2D eigenvalue weighted by molar-refractivity contribution is 4.98. The second-order valence-electron chi connectivity index (χ2n) is 4.28. The Morgan fingerprint density at radius 1 is 1.47 bits per heavy atom. The van der Waals surface area contributed by atoms with Crippen molar-refractivity contribution in [3.8, 4) is 0 Å². The van der Waals surface area contributed by atoms with Crippen LogP contribution in [0.3, 0.4) is 0 Å². The van der Waals surface area contributed by atoms with Gasteiger partial charge in [-0.05, 0) is 38.3 Å². The summed E-state index contributed by atoms with van der Waals surface area (Å²) >= 11 is 0. The van der Waals surface area contributed by atoms with Gasteiger partial charge < -0.3 is 5.32 Å². The molecule has 4 heteroatoms. The molecule has 1 aliphatic rings. The Balaban J connectivity index is 2.02. The van der Waals surface area contributed by atoms with Crippen molar-refractivity contribution in [2.24, 2.45) is 5.92 Å². The number of nitrogens with one attached hydrogen (secondary N) is 2. The first-order valence-electron chi connectivity index (χ1n) is 5.79. The molecule has 2 N–H and O–H groups in total. The van der Waals surface area contributed by atoms with E-state index in [0.29, 0.717) is 5.92 Å². The Morgan fingerprint density at radius 3 is 2.80 bits per heavy atom. The molecule has 1 aromatic heterocycles. The molecule has 84 valence electrons. The Bertz CT molecular complexity index is 360. The smallest absolute Gasteiger partial charge is 0.266 e. The molecule has 0 unspecified atom stereocenters. The summed E-state index contributed by atoms with van der Waals surface area (Å²) < 4.78 is 1.76. The van der Waals surface area contributed by atoms with Crippen molar-refractivity contribution >= 4 is 0 Å². The van der Waals surface area contributed by atoms with Crippen LogP contribution >= 0.6 is 0 Å². The minimum Gasteiger partial charge on any atom is -0.317 e. The van der Waals surface area contributed by atoms with Gasteiger partial charge in [-0.3, -0.25) is 14.6 Å². The Hall–Kier alpha value is -1.03. The number of aromatic nitrogens is 2.